The fraction of sp³-hybridized carbons (Fsp3) is 0.455. The van der Waals surface area contributed by atoms with Crippen molar-refractivity contribution in [3.63, 3.8) is 0 Å². The maximum atomic E-state index is 5.97. The van der Waals surface area contributed by atoms with Gasteiger partial charge in [0.2, 0.25) is 0 Å². The largest absolute Gasteiger partial charge is 0.324 e. The van der Waals surface area contributed by atoms with Gasteiger partial charge < -0.3 is 5.73 Å². The zero-order valence-corrected chi connectivity index (χ0v) is 7.51. The third-order valence-corrected chi connectivity index (χ3v) is 2.65. The Balaban J connectivity index is 2.39. The van der Waals surface area contributed by atoms with Crippen molar-refractivity contribution in [2.24, 2.45) is 5.73 Å². The molecule has 2 aliphatic rings. The van der Waals surface area contributed by atoms with E-state index in [1.54, 1.807) is 0 Å². The highest BCUT2D eigenvalue weighted by Crippen LogP contribution is 2.30. The van der Waals surface area contributed by atoms with Gasteiger partial charge in [0.15, 0.2) is 0 Å². The van der Waals surface area contributed by atoms with Crippen LogP contribution in [0, 0.1) is 0 Å². The molecule has 0 fully saturated rings. The topological polar surface area (TPSA) is 26.0 Å². The summed E-state index contributed by atoms with van der Waals surface area (Å²) in [6, 6.07) is 0.290. The first-order valence-electron chi connectivity index (χ1n) is 4.59. The summed E-state index contributed by atoms with van der Waals surface area (Å²) in [4.78, 5) is 0. The highest BCUT2D eigenvalue weighted by molar-refractivity contribution is 5.44. The average molecular weight is 161 g/mol. The van der Waals surface area contributed by atoms with Crippen LogP contribution in [0.2, 0.25) is 0 Å². The first kappa shape index (κ1) is 7.81. The maximum absolute atomic E-state index is 5.97. The Morgan fingerprint density at radius 3 is 3.17 bits per heavy atom. The Labute approximate surface area is 73.6 Å². The molecule has 0 saturated carbocycles. The molecule has 64 valence electrons. The molecular weight excluding hydrogens is 146 g/mol. The number of nitrogens with two attached hydrogens (primary N) is 1. The van der Waals surface area contributed by atoms with E-state index in [0.29, 0.717) is 6.04 Å². The van der Waals surface area contributed by atoms with Crippen LogP contribution in [0.15, 0.2) is 34.9 Å². The van der Waals surface area contributed by atoms with E-state index in [4.69, 9.17) is 5.73 Å². The quantitative estimate of drug-likeness (QED) is 0.579. The minimum absolute atomic E-state index is 0.290. The lowest BCUT2D eigenvalue weighted by molar-refractivity contribution is 0.759. The molecule has 0 bridgehead atoms. The smallest absolute Gasteiger partial charge is 0.0300 e. The summed E-state index contributed by atoms with van der Waals surface area (Å²) in [5, 5.41) is 0. The third-order valence-electron chi connectivity index (χ3n) is 2.65. The molecule has 0 aliphatic heterocycles. The molecule has 2 N–H and O–H groups in total. The van der Waals surface area contributed by atoms with Crippen molar-refractivity contribution < 1.29 is 0 Å². The molecular formula is C11H15N. The van der Waals surface area contributed by atoms with Gasteiger partial charge in [-0.2, -0.15) is 0 Å². The minimum Gasteiger partial charge on any atom is -0.324 e. The maximum Gasteiger partial charge on any atom is 0.0300 e. The highest BCUT2D eigenvalue weighted by atomic mass is 14.6. The van der Waals surface area contributed by atoms with Gasteiger partial charge in [-0.3, -0.25) is 0 Å². The summed E-state index contributed by atoms with van der Waals surface area (Å²) in [5.41, 5.74) is 10.2. The third kappa shape index (κ3) is 1.25. The van der Waals surface area contributed by atoms with E-state index < -0.39 is 0 Å². The second-order valence-corrected chi connectivity index (χ2v) is 3.72. The van der Waals surface area contributed by atoms with E-state index in [2.05, 4.69) is 25.2 Å². The van der Waals surface area contributed by atoms with E-state index in [1.807, 2.05) is 0 Å². The molecule has 0 amide bonds. The van der Waals surface area contributed by atoms with Gasteiger partial charge in [-0.1, -0.05) is 23.8 Å². The number of rotatable bonds is 0. The fourth-order valence-electron chi connectivity index (χ4n) is 1.96. The van der Waals surface area contributed by atoms with Gasteiger partial charge in [-0.05, 0) is 37.3 Å². The monoisotopic (exact) mass is 161 g/mol. The van der Waals surface area contributed by atoms with Crippen LogP contribution in [-0.2, 0) is 0 Å². The van der Waals surface area contributed by atoms with Gasteiger partial charge in [-0.25, -0.2) is 0 Å². The Morgan fingerprint density at radius 2 is 2.33 bits per heavy atom. The molecule has 0 heterocycles. The number of hydrogen-bond donors (Lipinski definition) is 1. The number of hydrogen-bond acceptors (Lipinski definition) is 1. The lowest BCUT2D eigenvalue weighted by atomic mass is 10.1. The van der Waals surface area contributed by atoms with Crippen LogP contribution in [0.25, 0.3) is 0 Å². The minimum atomic E-state index is 0.290. The molecule has 0 aromatic heterocycles. The highest BCUT2D eigenvalue weighted by Gasteiger charge is 2.19. The molecule has 0 aromatic carbocycles. The van der Waals surface area contributed by atoms with E-state index in [-0.39, 0.29) is 0 Å². The van der Waals surface area contributed by atoms with Crippen molar-refractivity contribution >= 4 is 0 Å². The number of allylic oxidation sites excluding steroid dienone is 4. The van der Waals surface area contributed by atoms with Crippen LogP contribution < -0.4 is 5.73 Å². The van der Waals surface area contributed by atoms with E-state index in [9.17, 15) is 0 Å². The molecule has 0 radical (unpaired) electrons. The van der Waals surface area contributed by atoms with Crippen molar-refractivity contribution in [3.8, 4) is 0 Å². The van der Waals surface area contributed by atoms with Crippen molar-refractivity contribution in [3.05, 3.63) is 34.9 Å². The molecule has 2 rings (SSSR count). The summed E-state index contributed by atoms with van der Waals surface area (Å²) in [7, 11) is 0. The predicted molar refractivity (Wildman–Crippen MR) is 51.7 cm³/mol. The zero-order chi connectivity index (χ0) is 8.55. The molecule has 1 heteroatoms. The molecule has 0 aromatic rings. The van der Waals surface area contributed by atoms with E-state index in [1.165, 1.54) is 16.7 Å². The molecule has 0 spiro atoms. The Bertz CT molecular complexity index is 281. The van der Waals surface area contributed by atoms with E-state index in [0.717, 1.165) is 19.3 Å². The van der Waals surface area contributed by atoms with Crippen molar-refractivity contribution in [1.82, 2.24) is 0 Å². The van der Waals surface area contributed by atoms with Gasteiger partial charge in [0.1, 0.15) is 0 Å². The molecule has 1 unspecified atom stereocenters. The van der Waals surface area contributed by atoms with Crippen LogP contribution >= 0.6 is 0 Å². The van der Waals surface area contributed by atoms with Crippen molar-refractivity contribution in [2.45, 2.75) is 32.2 Å². The van der Waals surface area contributed by atoms with Crippen LogP contribution in [-0.4, -0.2) is 6.04 Å². The predicted octanol–water partition coefficient (Wildman–Crippen LogP) is 2.31. The van der Waals surface area contributed by atoms with Crippen LogP contribution in [0.1, 0.15) is 26.2 Å². The normalized spacial score (nSPS) is 28.5. The fourth-order valence-corrected chi connectivity index (χ4v) is 1.96. The van der Waals surface area contributed by atoms with Gasteiger partial charge in [0.25, 0.3) is 0 Å². The van der Waals surface area contributed by atoms with Crippen molar-refractivity contribution in [2.75, 3.05) is 0 Å². The van der Waals surface area contributed by atoms with Crippen molar-refractivity contribution in [1.29, 1.82) is 0 Å². The second kappa shape index (κ2) is 2.91. The van der Waals surface area contributed by atoms with Gasteiger partial charge >= 0.3 is 0 Å². The van der Waals surface area contributed by atoms with Gasteiger partial charge in [0.05, 0.1) is 0 Å². The van der Waals surface area contributed by atoms with Gasteiger partial charge in [0, 0.05) is 6.04 Å². The summed E-state index contributed by atoms with van der Waals surface area (Å²) in [6.45, 7) is 2.18. The van der Waals surface area contributed by atoms with Crippen LogP contribution in [0.3, 0.4) is 0 Å². The Morgan fingerprint density at radius 1 is 1.50 bits per heavy atom. The summed E-state index contributed by atoms with van der Waals surface area (Å²) >= 11 is 0. The molecule has 1 nitrogen and oxygen atoms in total. The Hall–Kier alpha value is -0.820. The second-order valence-electron chi connectivity index (χ2n) is 3.72. The standard InChI is InChI=1S/C11H15N/c1-8-3-2-4-10-9(7-8)5-6-11(10)12/h2,4,7,11H,3,5-6,12H2,1H3. The van der Waals surface area contributed by atoms with Gasteiger partial charge in [-0.15, -0.1) is 0 Å². The SMILES string of the molecule is CC1=CC2=C(C=CC1)C(N)CC2. The molecule has 1 atom stereocenters. The summed E-state index contributed by atoms with van der Waals surface area (Å²) in [6.07, 6.45) is 10.1. The summed E-state index contributed by atoms with van der Waals surface area (Å²) in [5.74, 6) is 0. The first-order chi connectivity index (χ1) is 5.77. The van der Waals surface area contributed by atoms with Crippen LogP contribution in [0.4, 0.5) is 0 Å². The molecule has 2 aliphatic carbocycles. The van der Waals surface area contributed by atoms with E-state index >= 15 is 0 Å². The molecule has 12 heavy (non-hydrogen) atoms. The zero-order valence-electron chi connectivity index (χ0n) is 7.51. The van der Waals surface area contributed by atoms with Crippen LogP contribution in [0.5, 0.6) is 0 Å². The lowest BCUT2D eigenvalue weighted by Crippen LogP contribution is -2.17. The Kier molecular flexibility index (Phi) is 1.89. The summed E-state index contributed by atoms with van der Waals surface area (Å²) < 4.78 is 0. The first-order valence-corrected chi connectivity index (χ1v) is 4.59. The lowest BCUT2D eigenvalue weighted by Gasteiger charge is -2.02. The average Bonchev–Trinajstić information content (AvgIpc) is 2.31. The molecule has 0 saturated heterocycles.